The van der Waals surface area contributed by atoms with Crippen LogP contribution in [-0.2, 0) is 4.79 Å². The van der Waals surface area contributed by atoms with Gasteiger partial charge < -0.3 is 5.32 Å². The number of aryl methyl sites for hydroxylation is 2. The molecule has 20 heavy (non-hydrogen) atoms. The molecule has 0 radical (unpaired) electrons. The molecule has 1 heterocycles. The van der Waals surface area contributed by atoms with E-state index in [1.807, 2.05) is 32.0 Å². The largest absolute Gasteiger partial charge is 0.324 e. The number of hydrogen-bond acceptors (Lipinski definition) is 4. The Balaban J connectivity index is 1.94. The molecule has 0 aliphatic heterocycles. The van der Waals surface area contributed by atoms with Crippen molar-refractivity contribution in [3.63, 3.8) is 0 Å². The lowest BCUT2D eigenvalue weighted by Crippen LogP contribution is -2.14. The third-order valence-electron chi connectivity index (χ3n) is 2.44. The zero-order valence-electron chi connectivity index (χ0n) is 11.2. The number of aromatic nitrogens is 2. The summed E-state index contributed by atoms with van der Waals surface area (Å²) >= 11 is 7.29. The fraction of sp³-hybridized carbons (Fsp3) is 0.214. The maximum absolute atomic E-state index is 11.9. The molecule has 0 saturated carbocycles. The number of thioether (sulfide) groups is 1. The number of carbonyl (C=O) groups is 1. The van der Waals surface area contributed by atoms with Crippen molar-refractivity contribution in [3.8, 4) is 0 Å². The van der Waals surface area contributed by atoms with Crippen molar-refractivity contribution in [3.05, 3.63) is 46.7 Å². The number of nitrogens with one attached hydrogen (secondary N) is 1. The van der Waals surface area contributed by atoms with Crippen molar-refractivity contribution in [2.45, 2.75) is 19.0 Å². The first-order chi connectivity index (χ1) is 9.54. The van der Waals surface area contributed by atoms with Crippen molar-refractivity contribution in [2.24, 2.45) is 0 Å². The van der Waals surface area contributed by atoms with Gasteiger partial charge >= 0.3 is 0 Å². The van der Waals surface area contributed by atoms with Gasteiger partial charge in [-0.2, -0.15) is 0 Å². The minimum atomic E-state index is -0.133. The molecular weight excluding hydrogens is 294 g/mol. The Hall–Kier alpha value is -1.59. The molecule has 1 amide bonds. The molecule has 0 aliphatic carbocycles. The zero-order valence-corrected chi connectivity index (χ0v) is 12.8. The smallest absolute Gasteiger partial charge is 0.234 e. The summed E-state index contributed by atoms with van der Waals surface area (Å²) in [6.45, 7) is 3.81. The second-order valence-electron chi connectivity index (χ2n) is 4.25. The molecule has 1 aromatic heterocycles. The Morgan fingerprint density at radius 3 is 2.55 bits per heavy atom. The molecule has 1 aromatic carbocycles. The maximum atomic E-state index is 11.9. The van der Waals surface area contributed by atoms with E-state index in [1.54, 1.807) is 12.1 Å². The van der Waals surface area contributed by atoms with Crippen LogP contribution in [0, 0.1) is 13.8 Å². The van der Waals surface area contributed by atoms with Crippen LogP contribution < -0.4 is 5.32 Å². The average molecular weight is 308 g/mol. The van der Waals surface area contributed by atoms with E-state index in [9.17, 15) is 4.79 Å². The van der Waals surface area contributed by atoms with Crippen LogP contribution in [-0.4, -0.2) is 21.6 Å². The Morgan fingerprint density at radius 1 is 1.25 bits per heavy atom. The van der Waals surface area contributed by atoms with Gasteiger partial charge in [0.25, 0.3) is 0 Å². The summed E-state index contributed by atoms with van der Waals surface area (Å²) in [5.74, 6) is 0.111. The van der Waals surface area contributed by atoms with Crippen molar-refractivity contribution >= 4 is 35.0 Å². The van der Waals surface area contributed by atoms with Crippen molar-refractivity contribution in [1.82, 2.24) is 9.97 Å². The van der Waals surface area contributed by atoms with Crippen LogP contribution in [0.1, 0.15) is 11.4 Å². The van der Waals surface area contributed by atoms with E-state index in [-0.39, 0.29) is 11.7 Å². The van der Waals surface area contributed by atoms with E-state index in [0.29, 0.717) is 15.9 Å². The topological polar surface area (TPSA) is 54.9 Å². The van der Waals surface area contributed by atoms with Gasteiger partial charge in [-0.1, -0.05) is 35.5 Å². The van der Waals surface area contributed by atoms with Gasteiger partial charge in [-0.05, 0) is 32.0 Å². The quantitative estimate of drug-likeness (QED) is 0.694. The van der Waals surface area contributed by atoms with Gasteiger partial charge in [0, 0.05) is 11.4 Å². The minimum Gasteiger partial charge on any atom is -0.324 e. The molecule has 2 aromatic rings. The maximum Gasteiger partial charge on any atom is 0.234 e. The molecule has 2 rings (SSSR count). The van der Waals surface area contributed by atoms with Crippen molar-refractivity contribution < 1.29 is 4.79 Å². The molecule has 0 bridgehead atoms. The number of nitrogens with zero attached hydrogens (tertiary/aromatic N) is 2. The van der Waals surface area contributed by atoms with Crippen LogP contribution in [0.25, 0.3) is 0 Å². The van der Waals surface area contributed by atoms with Gasteiger partial charge in [0.05, 0.1) is 16.5 Å². The van der Waals surface area contributed by atoms with E-state index < -0.39 is 0 Å². The van der Waals surface area contributed by atoms with Gasteiger partial charge in [0.1, 0.15) is 0 Å². The van der Waals surface area contributed by atoms with Gasteiger partial charge in [-0.15, -0.1) is 0 Å². The van der Waals surface area contributed by atoms with Crippen LogP contribution in [0.3, 0.4) is 0 Å². The van der Waals surface area contributed by atoms with E-state index in [1.165, 1.54) is 11.8 Å². The molecule has 0 unspecified atom stereocenters. The Morgan fingerprint density at radius 2 is 1.90 bits per heavy atom. The summed E-state index contributed by atoms with van der Waals surface area (Å²) < 4.78 is 0. The lowest BCUT2D eigenvalue weighted by Gasteiger charge is -2.06. The number of amides is 1. The number of benzene rings is 1. The Labute approximate surface area is 127 Å². The van der Waals surface area contributed by atoms with E-state index in [4.69, 9.17) is 11.6 Å². The first kappa shape index (κ1) is 14.8. The van der Waals surface area contributed by atoms with Gasteiger partial charge in [0.15, 0.2) is 5.16 Å². The van der Waals surface area contributed by atoms with Crippen LogP contribution in [0.15, 0.2) is 35.5 Å². The van der Waals surface area contributed by atoms with E-state index >= 15 is 0 Å². The predicted molar refractivity (Wildman–Crippen MR) is 82.3 cm³/mol. The second-order valence-corrected chi connectivity index (χ2v) is 5.60. The highest BCUT2D eigenvalue weighted by molar-refractivity contribution is 7.99. The molecule has 0 fully saturated rings. The summed E-state index contributed by atoms with van der Waals surface area (Å²) in [5.41, 5.74) is 2.40. The Kier molecular flexibility index (Phi) is 4.98. The highest BCUT2D eigenvalue weighted by Gasteiger charge is 2.08. The van der Waals surface area contributed by atoms with E-state index in [2.05, 4.69) is 15.3 Å². The minimum absolute atomic E-state index is 0.133. The second kappa shape index (κ2) is 6.72. The SMILES string of the molecule is Cc1cc(C)nc(SCC(=O)Nc2ccccc2Cl)n1. The number of rotatable bonds is 4. The predicted octanol–water partition coefficient (Wildman–Crippen LogP) is 3.48. The number of para-hydroxylation sites is 1. The van der Waals surface area contributed by atoms with Crippen LogP contribution in [0.2, 0.25) is 5.02 Å². The molecule has 104 valence electrons. The summed E-state index contributed by atoms with van der Waals surface area (Å²) in [4.78, 5) is 20.4. The van der Waals surface area contributed by atoms with Gasteiger partial charge in [-0.25, -0.2) is 9.97 Å². The Bertz CT molecular complexity index is 613. The standard InChI is InChI=1S/C14H14ClN3OS/c1-9-7-10(2)17-14(16-9)20-8-13(19)18-12-6-4-3-5-11(12)15/h3-7H,8H2,1-2H3,(H,18,19). The monoisotopic (exact) mass is 307 g/mol. The first-order valence-corrected chi connectivity index (χ1v) is 7.40. The van der Waals surface area contributed by atoms with E-state index in [0.717, 1.165) is 11.4 Å². The lowest BCUT2D eigenvalue weighted by atomic mass is 10.3. The number of anilines is 1. The summed E-state index contributed by atoms with van der Waals surface area (Å²) in [6, 6.07) is 9.03. The summed E-state index contributed by atoms with van der Waals surface area (Å²) in [6.07, 6.45) is 0. The normalized spacial score (nSPS) is 10.3. The fourth-order valence-electron chi connectivity index (χ4n) is 1.64. The molecule has 1 N–H and O–H groups in total. The highest BCUT2D eigenvalue weighted by atomic mass is 35.5. The molecular formula is C14H14ClN3OS. The van der Waals surface area contributed by atoms with Crippen LogP contribution in [0.5, 0.6) is 0 Å². The average Bonchev–Trinajstić information content (AvgIpc) is 2.38. The fourth-order valence-corrected chi connectivity index (χ4v) is 2.57. The molecule has 0 saturated heterocycles. The van der Waals surface area contributed by atoms with Crippen molar-refractivity contribution in [2.75, 3.05) is 11.1 Å². The van der Waals surface area contributed by atoms with Crippen LogP contribution >= 0.6 is 23.4 Å². The van der Waals surface area contributed by atoms with Crippen molar-refractivity contribution in [1.29, 1.82) is 0 Å². The van der Waals surface area contributed by atoms with Gasteiger partial charge in [0.2, 0.25) is 5.91 Å². The molecule has 0 spiro atoms. The third kappa shape index (κ3) is 4.21. The molecule has 6 heteroatoms. The molecule has 0 atom stereocenters. The number of hydrogen-bond donors (Lipinski definition) is 1. The highest BCUT2D eigenvalue weighted by Crippen LogP contribution is 2.21. The number of carbonyl (C=O) groups excluding carboxylic acids is 1. The first-order valence-electron chi connectivity index (χ1n) is 6.04. The lowest BCUT2D eigenvalue weighted by molar-refractivity contribution is -0.113. The van der Waals surface area contributed by atoms with Gasteiger partial charge in [-0.3, -0.25) is 4.79 Å². The summed E-state index contributed by atoms with van der Waals surface area (Å²) in [7, 11) is 0. The number of halogens is 1. The zero-order chi connectivity index (χ0) is 14.5. The summed E-state index contributed by atoms with van der Waals surface area (Å²) in [5, 5.41) is 3.89. The van der Waals surface area contributed by atoms with Crippen LogP contribution in [0.4, 0.5) is 5.69 Å². The molecule has 4 nitrogen and oxygen atoms in total. The third-order valence-corrected chi connectivity index (χ3v) is 3.62. The molecule has 0 aliphatic rings.